The maximum Gasteiger partial charge on any atom is 0.330 e. The van der Waals surface area contributed by atoms with Crippen molar-refractivity contribution in [1.29, 1.82) is 0 Å². The van der Waals surface area contributed by atoms with E-state index in [0.29, 0.717) is 22.6 Å². The van der Waals surface area contributed by atoms with E-state index in [1.54, 1.807) is 14.2 Å². The average Bonchev–Trinajstić information content (AvgIpc) is 3.08. The molecule has 7 aromatic rings. The Bertz CT molecular complexity index is 2070. The standard InChI is InChI=1S/C40H31NO5/c1-24(42)41-23-35(43)46-40-38(36-29-16-8-4-12-25(29)20-26-13-5-9-17-30(26)36)33(44-2)22-34(45-3)39(40)37-31-18-10-6-14-27(31)21-28-15-7-11-19-32(28)37/h4-22H,23H2,1-3H3,(H,41,42). The van der Waals surface area contributed by atoms with Gasteiger partial charge in [-0.3, -0.25) is 4.79 Å². The number of rotatable bonds is 7. The first-order chi connectivity index (χ1) is 22.5. The van der Waals surface area contributed by atoms with Gasteiger partial charge in [-0.25, -0.2) is 4.79 Å². The highest BCUT2D eigenvalue weighted by atomic mass is 16.5. The summed E-state index contributed by atoms with van der Waals surface area (Å²) in [6.45, 7) is 1.06. The monoisotopic (exact) mass is 605 g/mol. The number of methoxy groups -OCH3 is 2. The molecule has 0 fully saturated rings. The van der Waals surface area contributed by atoms with Crippen LogP contribution in [0.25, 0.3) is 65.3 Å². The molecule has 6 nitrogen and oxygen atoms in total. The zero-order chi connectivity index (χ0) is 31.8. The van der Waals surface area contributed by atoms with Crippen LogP contribution in [0, 0.1) is 0 Å². The summed E-state index contributed by atoms with van der Waals surface area (Å²) in [6, 6.07) is 38.8. The smallest absolute Gasteiger partial charge is 0.330 e. The molecule has 0 saturated heterocycles. The van der Waals surface area contributed by atoms with Crippen LogP contribution in [0.2, 0.25) is 0 Å². The van der Waals surface area contributed by atoms with E-state index in [9.17, 15) is 9.59 Å². The summed E-state index contributed by atoms with van der Waals surface area (Å²) in [5.41, 5.74) is 2.95. The van der Waals surface area contributed by atoms with Crippen LogP contribution in [0.4, 0.5) is 0 Å². The van der Waals surface area contributed by atoms with Gasteiger partial charge in [0.1, 0.15) is 18.0 Å². The molecular weight excluding hydrogens is 574 g/mol. The highest BCUT2D eigenvalue weighted by Gasteiger charge is 2.29. The second-order valence-corrected chi connectivity index (χ2v) is 11.1. The average molecular weight is 606 g/mol. The van der Waals surface area contributed by atoms with E-state index in [2.05, 4.69) is 66.0 Å². The molecule has 1 amide bonds. The third-order valence-corrected chi connectivity index (χ3v) is 8.39. The van der Waals surface area contributed by atoms with E-state index in [-0.39, 0.29) is 18.2 Å². The van der Waals surface area contributed by atoms with Crippen molar-refractivity contribution >= 4 is 55.0 Å². The van der Waals surface area contributed by atoms with Crippen LogP contribution in [0.3, 0.4) is 0 Å². The maximum atomic E-state index is 13.6. The number of carbonyl (C=O) groups is 2. The number of fused-ring (bicyclic) bond motifs is 4. The van der Waals surface area contributed by atoms with Gasteiger partial charge in [0.05, 0.1) is 25.3 Å². The Balaban J connectivity index is 1.69. The lowest BCUT2D eigenvalue weighted by atomic mass is 9.86. The summed E-state index contributed by atoms with van der Waals surface area (Å²) >= 11 is 0. The van der Waals surface area contributed by atoms with Gasteiger partial charge in [-0.15, -0.1) is 0 Å². The molecule has 226 valence electrons. The number of carbonyl (C=O) groups excluding carboxylic acids is 2. The molecule has 6 heteroatoms. The van der Waals surface area contributed by atoms with Gasteiger partial charge in [0.25, 0.3) is 0 Å². The molecule has 0 atom stereocenters. The van der Waals surface area contributed by atoms with Crippen molar-refractivity contribution in [1.82, 2.24) is 5.32 Å². The number of amides is 1. The fourth-order valence-corrected chi connectivity index (χ4v) is 6.42. The summed E-state index contributed by atoms with van der Waals surface area (Å²) in [4.78, 5) is 25.4. The van der Waals surface area contributed by atoms with Gasteiger partial charge in [-0.05, 0) is 55.2 Å². The Morgan fingerprint density at radius 2 is 0.913 bits per heavy atom. The third-order valence-electron chi connectivity index (χ3n) is 8.39. The molecule has 0 bridgehead atoms. The number of benzene rings is 7. The van der Waals surface area contributed by atoms with Crippen molar-refractivity contribution in [2.75, 3.05) is 20.8 Å². The minimum absolute atomic E-state index is 0.287. The van der Waals surface area contributed by atoms with Gasteiger partial charge in [0.2, 0.25) is 5.91 Å². The van der Waals surface area contributed by atoms with Crippen molar-refractivity contribution < 1.29 is 23.8 Å². The molecule has 1 N–H and O–H groups in total. The van der Waals surface area contributed by atoms with E-state index in [1.807, 2.05) is 54.6 Å². The Hall–Kier alpha value is -5.88. The molecule has 0 aliphatic heterocycles. The van der Waals surface area contributed by atoms with Gasteiger partial charge in [-0.2, -0.15) is 0 Å². The summed E-state index contributed by atoms with van der Waals surface area (Å²) < 4.78 is 18.6. The predicted molar refractivity (Wildman–Crippen MR) is 185 cm³/mol. The summed E-state index contributed by atoms with van der Waals surface area (Å²) in [5.74, 6) is 0.292. The van der Waals surface area contributed by atoms with E-state index in [4.69, 9.17) is 14.2 Å². The second kappa shape index (κ2) is 11.9. The van der Waals surface area contributed by atoms with Crippen molar-refractivity contribution in [3.8, 4) is 39.5 Å². The molecule has 7 aromatic carbocycles. The largest absolute Gasteiger partial charge is 0.496 e. The Morgan fingerprint density at radius 1 is 0.543 bits per heavy atom. The van der Waals surface area contributed by atoms with Crippen LogP contribution in [0.15, 0.2) is 115 Å². The van der Waals surface area contributed by atoms with Crippen molar-refractivity contribution in [2.24, 2.45) is 0 Å². The van der Waals surface area contributed by atoms with Gasteiger partial charge in [0, 0.05) is 24.1 Å². The van der Waals surface area contributed by atoms with E-state index >= 15 is 0 Å². The Morgan fingerprint density at radius 3 is 1.26 bits per heavy atom. The zero-order valence-electron chi connectivity index (χ0n) is 25.7. The van der Waals surface area contributed by atoms with Crippen LogP contribution in [0.5, 0.6) is 17.2 Å². The maximum absolute atomic E-state index is 13.6. The first-order valence-corrected chi connectivity index (χ1v) is 15.0. The van der Waals surface area contributed by atoms with Gasteiger partial charge >= 0.3 is 5.97 Å². The van der Waals surface area contributed by atoms with Gasteiger partial charge < -0.3 is 19.5 Å². The lowest BCUT2D eigenvalue weighted by Crippen LogP contribution is -2.30. The molecule has 0 saturated carbocycles. The van der Waals surface area contributed by atoms with Crippen molar-refractivity contribution in [3.63, 3.8) is 0 Å². The molecule has 0 aliphatic carbocycles. The molecule has 0 spiro atoms. The molecule has 0 aliphatic rings. The molecule has 7 rings (SSSR count). The van der Waals surface area contributed by atoms with Crippen LogP contribution in [-0.2, 0) is 9.59 Å². The summed E-state index contributed by atoms with van der Waals surface area (Å²) in [5, 5.41) is 10.6. The van der Waals surface area contributed by atoms with Crippen LogP contribution >= 0.6 is 0 Å². The first-order valence-electron chi connectivity index (χ1n) is 15.0. The third kappa shape index (κ3) is 4.94. The number of esters is 1. The molecule has 0 radical (unpaired) electrons. The lowest BCUT2D eigenvalue weighted by molar-refractivity contribution is -0.135. The Labute approximate surface area is 266 Å². The van der Waals surface area contributed by atoms with E-state index in [0.717, 1.165) is 54.2 Å². The molecule has 0 aromatic heterocycles. The minimum Gasteiger partial charge on any atom is -0.496 e. The summed E-state index contributed by atoms with van der Waals surface area (Å²) in [7, 11) is 3.20. The zero-order valence-corrected chi connectivity index (χ0v) is 25.7. The molecular formula is C40H31NO5. The fourth-order valence-electron chi connectivity index (χ4n) is 6.42. The SMILES string of the molecule is COc1cc(OC)c(-c2c3ccccc3cc3ccccc23)c(OC(=O)CNC(C)=O)c1-c1c2ccccc2cc2ccccc12. The Kier molecular flexibility index (Phi) is 7.47. The fraction of sp³-hybridized carbons (Fsp3) is 0.100. The van der Waals surface area contributed by atoms with Crippen LogP contribution in [0.1, 0.15) is 6.92 Å². The summed E-state index contributed by atoms with van der Waals surface area (Å²) in [6.07, 6.45) is 0. The normalized spacial score (nSPS) is 11.2. The van der Waals surface area contributed by atoms with E-state index < -0.39 is 5.97 Å². The number of hydrogen-bond acceptors (Lipinski definition) is 5. The topological polar surface area (TPSA) is 73.9 Å². The van der Waals surface area contributed by atoms with Gasteiger partial charge in [0.15, 0.2) is 5.75 Å². The van der Waals surface area contributed by atoms with Crippen molar-refractivity contribution in [2.45, 2.75) is 6.92 Å². The van der Waals surface area contributed by atoms with Crippen LogP contribution < -0.4 is 19.5 Å². The first kappa shape index (κ1) is 28.9. The minimum atomic E-state index is -0.623. The number of nitrogens with one attached hydrogen (secondary N) is 1. The van der Waals surface area contributed by atoms with Gasteiger partial charge in [-0.1, -0.05) is 97.1 Å². The van der Waals surface area contributed by atoms with Crippen molar-refractivity contribution in [3.05, 3.63) is 115 Å². The number of hydrogen-bond donors (Lipinski definition) is 1. The highest BCUT2D eigenvalue weighted by molar-refractivity contribution is 6.19. The molecule has 0 heterocycles. The molecule has 0 unspecified atom stereocenters. The predicted octanol–water partition coefficient (Wildman–Crippen LogP) is 8.69. The number of ether oxygens (including phenoxy) is 3. The highest BCUT2D eigenvalue weighted by Crippen LogP contribution is 2.55. The quantitative estimate of drug-likeness (QED) is 0.112. The molecule has 46 heavy (non-hydrogen) atoms. The van der Waals surface area contributed by atoms with E-state index in [1.165, 1.54) is 6.92 Å². The second-order valence-electron chi connectivity index (χ2n) is 11.1. The lowest BCUT2D eigenvalue weighted by Gasteiger charge is -2.24. The van der Waals surface area contributed by atoms with Crippen LogP contribution in [-0.4, -0.2) is 32.6 Å².